The molecule has 82 valence electrons. The molecule has 3 nitrogen and oxygen atoms in total. The Bertz CT molecular complexity index is 315. The van der Waals surface area contributed by atoms with Gasteiger partial charge in [-0.2, -0.15) is 0 Å². The average Bonchev–Trinajstić information content (AvgIpc) is 2.22. The Hall–Kier alpha value is -0.640. The highest BCUT2D eigenvalue weighted by molar-refractivity contribution is 6.29. The summed E-state index contributed by atoms with van der Waals surface area (Å²) in [6.45, 7) is 2.67. The Morgan fingerprint density at radius 3 is 3.07 bits per heavy atom. The summed E-state index contributed by atoms with van der Waals surface area (Å²) in [5.74, 6) is 0. The molecule has 1 aromatic heterocycles. The third-order valence-corrected chi connectivity index (χ3v) is 2.90. The number of piperidine rings is 1. The molecule has 0 radical (unpaired) electrons. The van der Waals surface area contributed by atoms with Crippen LogP contribution in [0.3, 0.4) is 0 Å². The summed E-state index contributed by atoms with van der Waals surface area (Å²) in [5.41, 5.74) is 1.15. The molecule has 1 fully saturated rings. The number of aliphatic hydroxyl groups is 1. The smallest absolute Gasteiger partial charge is 0.129 e. The second kappa shape index (κ2) is 4.92. The van der Waals surface area contributed by atoms with Gasteiger partial charge in [-0.1, -0.05) is 17.7 Å². The van der Waals surface area contributed by atoms with Gasteiger partial charge in [0, 0.05) is 19.3 Å². The van der Waals surface area contributed by atoms with E-state index in [1.807, 2.05) is 6.07 Å². The maximum atomic E-state index is 9.52. The van der Waals surface area contributed by atoms with Gasteiger partial charge in [-0.05, 0) is 31.0 Å². The Labute approximate surface area is 94.7 Å². The fraction of sp³-hybridized carbons (Fsp3) is 0.545. The molecular formula is C11H15ClN2O. The number of nitrogens with zero attached hydrogens (tertiary/aromatic N) is 2. The molecule has 0 aromatic carbocycles. The highest BCUT2D eigenvalue weighted by Crippen LogP contribution is 2.14. The van der Waals surface area contributed by atoms with Crippen molar-refractivity contribution in [1.82, 2.24) is 9.88 Å². The van der Waals surface area contributed by atoms with Gasteiger partial charge in [-0.3, -0.25) is 4.90 Å². The van der Waals surface area contributed by atoms with E-state index in [2.05, 4.69) is 9.88 Å². The first-order chi connectivity index (χ1) is 7.24. The first-order valence-corrected chi connectivity index (χ1v) is 5.63. The summed E-state index contributed by atoms with van der Waals surface area (Å²) in [6, 6.07) is 3.79. The quantitative estimate of drug-likeness (QED) is 0.780. The molecule has 0 bridgehead atoms. The van der Waals surface area contributed by atoms with Crippen molar-refractivity contribution in [2.75, 3.05) is 13.1 Å². The van der Waals surface area contributed by atoms with E-state index in [-0.39, 0.29) is 6.10 Å². The molecule has 0 spiro atoms. The number of hydrogen-bond donors (Lipinski definition) is 1. The molecule has 1 aliphatic rings. The predicted octanol–water partition coefficient (Wildman–Crippen LogP) is 1.69. The normalized spacial score (nSPS) is 22.9. The van der Waals surface area contributed by atoms with Crippen molar-refractivity contribution in [2.24, 2.45) is 0 Å². The largest absolute Gasteiger partial charge is 0.392 e. The number of pyridine rings is 1. The number of likely N-dealkylation sites (tertiary alicyclic amines) is 1. The lowest BCUT2D eigenvalue weighted by atomic mass is 10.1. The van der Waals surface area contributed by atoms with Crippen molar-refractivity contribution in [1.29, 1.82) is 0 Å². The molecule has 4 heteroatoms. The molecule has 0 saturated carbocycles. The van der Waals surface area contributed by atoms with Crippen LogP contribution in [0.5, 0.6) is 0 Å². The van der Waals surface area contributed by atoms with Gasteiger partial charge >= 0.3 is 0 Å². The Morgan fingerprint density at radius 1 is 1.53 bits per heavy atom. The van der Waals surface area contributed by atoms with E-state index in [9.17, 15) is 5.11 Å². The number of hydrogen-bond acceptors (Lipinski definition) is 3. The van der Waals surface area contributed by atoms with Gasteiger partial charge in [0.05, 0.1) is 6.10 Å². The molecule has 1 N–H and O–H groups in total. The SMILES string of the molecule is OC1CCCN(Cc2ccc(Cl)nc2)C1. The van der Waals surface area contributed by atoms with Crippen LogP contribution in [0.1, 0.15) is 18.4 Å². The monoisotopic (exact) mass is 226 g/mol. The van der Waals surface area contributed by atoms with Gasteiger partial charge in [-0.15, -0.1) is 0 Å². The minimum atomic E-state index is -0.168. The minimum Gasteiger partial charge on any atom is -0.392 e. The van der Waals surface area contributed by atoms with Crippen LogP contribution in [0.25, 0.3) is 0 Å². The Morgan fingerprint density at radius 2 is 2.40 bits per heavy atom. The van der Waals surface area contributed by atoms with E-state index >= 15 is 0 Å². The van der Waals surface area contributed by atoms with Crippen LogP contribution in [-0.4, -0.2) is 34.2 Å². The molecule has 1 aromatic rings. The lowest BCUT2D eigenvalue weighted by Gasteiger charge is -2.29. The summed E-state index contributed by atoms with van der Waals surface area (Å²) in [5, 5.41) is 10.0. The molecule has 2 rings (SSSR count). The number of β-amino-alcohol motifs (C(OH)–C–C–N with tert-alkyl or cyclic N) is 1. The average molecular weight is 227 g/mol. The molecule has 0 amide bonds. The molecule has 1 aliphatic heterocycles. The van der Waals surface area contributed by atoms with Crippen LogP contribution < -0.4 is 0 Å². The molecule has 0 aliphatic carbocycles. The molecule has 1 unspecified atom stereocenters. The van der Waals surface area contributed by atoms with Gasteiger partial charge < -0.3 is 5.11 Å². The number of aromatic nitrogens is 1. The van der Waals surface area contributed by atoms with Crippen LogP contribution in [0.4, 0.5) is 0 Å². The standard InChI is InChI=1S/C11H15ClN2O/c12-11-4-3-9(6-13-11)7-14-5-1-2-10(15)8-14/h3-4,6,10,15H,1-2,5,7-8H2. The Balaban J connectivity index is 1.93. The van der Waals surface area contributed by atoms with Crippen molar-refractivity contribution < 1.29 is 5.11 Å². The highest BCUT2D eigenvalue weighted by atomic mass is 35.5. The van der Waals surface area contributed by atoms with Crippen LogP contribution in [0.15, 0.2) is 18.3 Å². The zero-order valence-corrected chi connectivity index (χ0v) is 9.32. The second-order valence-corrected chi connectivity index (χ2v) is 4.41. The molecule has 1 atom stereocenters. The van der Waals surface area contributed by atoms with Crippen molar-refractivity contribution in [3.8, 4) is 0 Å². The summed E-state index contributed by atoms with van der Waals surface area (Å²) in [7, 11) is 0. The van der Waals surface area contributed by atoms with Gasteiger partial charge in [0.25, 0.3) is 0 Å². The van der Waals surface area contributed by atoms with E-state index in [0.29, 0.717) is 5.15 Å². The first kappa shape index (κ1) is 10.9. The highest BCUT2D eigenvalue weighted by Gasteiger charge is 2.17. The molecule has 15 heavy (non-hydrogen) atoms. The molecular weight excluding hydrogens is 212 g/mol. The minimum absolute atomic E-state index is 0.168. The van der Waals surface area contributed by atoms with Crippen LogP contribution >= 0.6 is 11.6 Å². The lowest BCUT2D eigenvalue weighted by molar-refractivity contribution is 0.0668. The van der Waals surface area contributed by atoms with Gasteiger partial charge in [0.15, 0.2) is 0 Å². The van der Waals surface area contributed by atoms with Gasteiger partial charge in [-0.25, -0.2) is 4.98 Å². The molecule has 1 saturated heterocycles. The third-order valence-electron chi connectivity index (χ3n) is 2.68. The van der Waals surface area contributed by atoms with Crippen LogP contribution in [0.2, 0.25) is 5.15 Å². The van der Waals surface area contributed by atoms with E-state index in [1.54, 1.807) is 12.3 Å². The van der Waals surface area contributed by atoms with E-state index in [0.717, 1.165) is 38.0 Å². The summed E-state index contributed by atoms with van der Waals surface area (Å²) in [6.07, 6.45) is 3.62. The van der Waals surface area contributed by atoms with E-state index in [4.69, 9.17) is 11.6 Å². The van der Waals surface area contributed by atoms with Gasteiger partial charge in [0.1, 0.15) is 5.15 Å². The fourth-order valence-electron chi connectivity index (χ4n) is 1.93. The van der Waals surface area contributed by atoms with Crippen molar-refractivity contribution in [2.45, 2.75) is 25.5 Å². The van der Waals surface area contributed by atoms with Crippen molar-refractivity contribution >= 4 is 11.6 Å². The van der Waals surface area contributed by atoms with Crippen molar-refractivity contribution in [3.05, 3.63) is 29.0 Å². The van der Waals surface area contributed by atoms with E-state index in [1.165, 1.54) is 0 Å². The number of rotatable bonds is 2. The summed E-state index contributed by atoms with van der Waals surface area (Å²) < 4.78 is 0. The number of halogens is 1. The maximum absolute atomic E-state index is 9.52. The zero-order chi connectivity index (χ0) is 10.7. The first-order valence-electron chi connectivity index (χ1n) is 5.25. The fourth-order valence-corrected chi connectivity index (χ4v) is 2.04. The summed E-state index contributed by atoms with van der Waals surface area (Å²) >= 11 is 5.71. The van der Waals surface area contributed by atoms with Crippen LogP contribution in [-0.2, 0) is 6.54 Å². The second-order valence-electron chi connectivity index (χ2n) is 4.02. The topological polar surface area (TPSA) is 36.4 Å². The summed E-state index contributed by atoms with van der Waals surface area (Å²) in [4.78, 5) is 6.29. The van der Waals surface area contributed by atoms with Crippen LogP contribution in [0, 0.1) is 0 Å². The Kier molecular flexibility index (Phi) is 3.57. The molecule has 2 heterocycles. The lowest BCUT2D eigenvalue weighted by Crippen LogP contribution is -2.37. The van der Waals surface area contributed by atoms with Gasteiger partial charge in [0.2, 0.25) is 0 Å². The zero-order valence-electron chi connectivity index (χ0n) is 8.56. The maximum Gasteiger partial charge on any atom is 0.129 e. The third kappa shape index (κ3) is 3.16. The van der Waals surface area contributed by atoms with Crippen molar-refractivity contribution in [3.63, 3.8) is 0 Å². The predicted molar refractivity (Wildman–Crippen MR) is 59.8 cm³/mol. The number of aliphatic hydroxyl groups excluding tert-OH is 1. The van der Waals surface area contributed by atoms with E-state index < -0.39 is 0 Å².